The van der Waals surface area contributed by atoms with Crippen molar-refractivity contribution in [1.29, 1.82) is 0 Å². The lowest BCUT2D eigenvalue weighted by molar-refractivity contribution is -0.138. The average Bonchev–Trinajstić information content (AvgIpc) is 2.76. The molecule has 0 amide bonds. The van der Waals surface area contributed by atoms with Gasteiger partial charge in [0.25, 0.3) is 0 Å². The van der Waals surface area contributed by atoms with Crippen molar-refractivity contribution in [2.24, 2.45) is 0 Å². The second-order valence-corrected chi connectivity index (χ2v) is 6.39. The second kappa shape index (κ2) is 9.57. The van der Waals surface area contributed by atoms with E-state index < -0.39 is 12.6 Å². The number of halogens is 6. The Morgan fingerprint density at radius 2 is 1.90 bits per heavy atom. The molecule has 1 atom stereocenters. The van der Waals surface area contributed by atoms with Crippen LogP contribution >= 0.6 is 52.1 Å². The third-order valence-corrected chi connectivity index (χ3v) is 5.21. The predicted molar refractivity (Wildman–Crippen MR) is 89.0 cm³/mol. The number of piperazine rings is 1. The zero-order chi connectivity index (χ0) is 13.9. The summed E-state index contributed by atoms with van der Waals surface area (Å²) in [6, 6.07) is 1.76. The van der Waals surface area contributed by atoms with Crippen molar-refractivity contribution < 1.29 is 13.2 Å². The molecule has 9 heteroatoms. The van der Waals surface area contributed by atoms with E-state index >= 15 is 0 Å². The summed E-state index contributed by atoms with van der Waals surface area (Å²) >= 11 is 4.97. The molecule has 1 aromatic heterocycles. The molecule has 0 saturated carbocycles. The molecule has 1 aliphatic rings. The molecule has 1 N–H and O–H groups in total. The van der Waals surface area contributed by atoms with E-state index in [1.165, 1.54) is 11.3 Å². The van der Waals surface area contributed by atoms with Crippen LogP contribution in [0.5, 0.6) is 0 Å². The van der Waals surface area contributed by atoms with Crippen molar-refractivity contribution in [3.63, 3.8) is 0 Å². The van der Waals surface area contributed by atoms with Crippen LogP contribution in [0.2, 0.25) is 0 Å². The first-order valence-corrected chi connectivity index (χ1v) is 7.89. The fourth-order valence-corrected chi connectivity index (χ4v) is 4.12. The topological polar surface area (TPSA) is 15.3 Å². The van der Waals surface area contributed by atoms with Crippen molar-refractivity contribution in [3.05, 3.63) is 20.8 Å². The molecule has 124 valence electrons. The number of hydrogen-bond donors (Lipinski definition) is 1. The summed E-state index contributed by atoms with van der Waals surface area (Å²) in [4.78, 5) is 3.16. The average molecular weight is 430 g/mol. The Morgan fingerprint density at radius 1 is 1.29 bits per heavy atom. The Kier molecular flexibility index (Phi) is 9.79. The van der Waals surface area contributed by atoms with Crippen LogP contribution in [0.25, 0.3) is 0 Å². The van der Waals surface area contributed by atoms with Gasteiger partial charge in [0.2, 0.25) is 0 Å². The van der Waals surface area contributed by atoms with Gasteiger partial charge in [-0.15, -0.1) is 36.2 Å². The molecule has 0 spiro atoms. The standard InChI is InChI=1S/C12H16BrF3N2S.2ClH/c13-9-2-8-19-11(9)10(1-3-12(14,15)16)18-6-4-17-5-7-18;;/h2,8,10,17H,1,3-7H2;2*1H/t10-;;/m0../s1. The first-order chi connectivity index (χ1) is 8.97. The van der Waals surface area contributed by atoms with Crippen molar-refractivity contribution in [3.8, 4) is 0 Å². The van der Waals surface area contributed by atoms with E-state index in [9.17, 15) is 13.2 Å². The van der Waals surface area contributed by atoms with Crippen LogP contribution in [-0.4, -0.2) is 37.3 Å². The summed E-state index contributed by atoms with van der Waals surface area (Å²) in [5.74, 6) is 0. The highest BCUT2D eigenvalue weighted by Crippen LogP contribution is 2.37. The SMILES string of the molecule is Cl.Cl.FC(F)(F)CC[C@@H](c1sccc1Br)N1CCNCC1. The summed E-state index contributed by atoms with van der Waals surface area (Å²) < 4.78 is 38.4. The van der Waals surface area contributed by atoms with Gasteiger partial charge >= 0.3 is 6.18 Å². The minimum atomic E-state index is -4.09. The molecule has 0 bridgehead atoms. The Hall–Kier alpha value is 0.470. The van der Waals surface area contributed by atoms with Crippen molar-refractivity contribution in [2.75, 3.05) is 26.2 Å². The number of nitrogens with one attached hydrogen (secondary N) is 1. The van der Waals surface area contributed by atoms with Crippen LogP contribution in [0, 0.1) is 0 Å². The fourth-order valence-electron chi connectivity index (χ4n) is 2.32. The quantitative estimate of drug-likeness (QED) is 0.749. The largest absolute Gasteiger partial charge is 0.389 e. The molecular formula is C12H18BrCl2F3N2S. The molecule has 21 heavy (non-hydrogen) atoms. The van der Waals surface area contributed by atoms with Gasteiger partial charge in [0.05, 0.1) is 0 Å². The Balaban J connectivity index is 0.00000200. The third kappa shape index (κ3) is 6.62. The van der Waals surface area contributed by atoms with E-state index in [1.54, 1.807) is 0 Å². The normalized spacial score (nSPS) is 17.7. The number of hydrogen-bond acceptors (Lipinski definition) is 3. The highest BCUT2D eigenvalue weighted by molar-refractivity contribution is 9.10. The van der Waals surface area contributed by atoms with Gasteiger partial charge in [-0.25, -0.2) is 0 Å². The maximum absolute atomic E-state index is 12.5. The molecule has 2 rings (SSSR count). The number of thiophene rings is 1. The van der Waals surface area contributed by atoms with Crippen LogP contribution in [0.4, 0.5) is 13.2 Å². The smallest absolute Gasteiger partial charge is 0.314 e. The van der Waals surface area contributed by atoms with E-state index in [1.807, 2.05) is 11.4 Å². The summed E-state index contributed by atoms with van der Waals surface area (Å²) in [6.07, 6.45) is -4.69. The van der Waals surface area contributed by atoms with Gasteiger partial charge in [0, 0.05) is 48.0 Å². The van der Waals surface area contributed by atoms with Crippen LogP contribution in [0.3, 0.4) is 0 Å². The third-order valence-electron chi connectivity index (χ3n) is 3.24. The lowest BCUT2D eigenvalue weighted by atomic mass is 10.1. The van der Waals surface area contributed by atoms with Gasteiger partial charge in [-0.2, -0.15) is 13.2 Å². The molecule has 0 aromatic carbocycles. The van der Waals surface area contributed by atoms with Gasteiger partial charge in [-0.3, -0.25) is 4.90 Å². The first-order valence-electron chi connectivity index (χ1n) is 6.22. The highest BCUT2D eigenvalue weighted by atomic mass is 79.9. The number of rotatable bonds is 4. The lowest BCUT2D eigenvalue weighted by Gasteiger charge is -2.35. The first kappa shape index (κ1) is 21.5. The van der Waals surface area contributed by atoms with E-state index in [0.717, 1.165) is 35.5 Å². The van der Waals surface area contributed by atoms with Crippen LogP contribution in [0.1, 0.15) is 23.8 Å². The van der Waals surface area contributed by atoms with Crippen LogP contribution < -0.4 is 5.32 Å². The molecule has 1 saturated heterocycles. The lowest BCUT2D eigenvalue weighted by Crippen LogP contribution is -2.45. The summed E-state index contributed by atoms with van der Waals surface area (Å²) in [5.41, 5.74) is 0. The number of nitrogens with zero attached hydrogens (tertiary/aromatic N) is 1. The second-order valence-electron chi connectivity index (χ2n) is 4.59. The maximum Gasteiger partial charge on any atom is 0.389 e. The minimum absolute atomic E-state index is 0. The molecule has 1 aliphatic heterocycles. The molecule has 0 unspecified atom stereocenters. The summed E-state index contributed by atoms with van der Waals surface area (Å²) in [6.45, 7) is 3.27. The summed E-state index contributed by atoms with van der Waals surface area (Å²) in [5, 5.41) is 5.15. The van der Waals surface area contributed by atoms with E-state index in [-0.39, 0.29) is 37.3 Å². The van der Waals surface area contributed by atoms with E-state index in [0.29, 0.717) is 0 Å². The Labute approximate surface area is 147 Å². The molecular weight excluding hydrogens is 412 g/mol. The van der Waals surface area contributed by atoms with E-state index in [2.05, 4.69) is 26.1 Å². The zero-order valence-electron chi connectivity index (χ0n) is 11.2. The van der Waals surface area contributed by atoms with Gasteiger partial charge in [-0.1, -0.05) is 0 Å². The van der Waals surface area contributed by atoms with Crippen molar-refractivity contribution in [2.45, 2.75) is 25.1 Å². The fraction of sp³-hybridized carbons (Fsp3) is 0.667. The zero-order valence-corrected chi connectivity index (χ0v) is 15.2. The van der Waals surface area contributed by atoms with Gasteiger partial charge in [0.1, 0.15) is 0 Å². The molecule has 1 aromatic rings. The van der Waals surface area contributed by atoms with Crippen molar-refractivity contribution in [1.82, 2.24) is 10.2 Å². The molecule has 0 aliphatic carbocycles. The van der Waals surface area contributed by atoms with Crippen LogP contribution in [-0.2, 0) is 0 Å². The Morgan fingerprint density at radius 3 is 2.38 bits per heavy atom. The Bertz CT molecular complexity index is 411. The maximum atomic E-state index is 12.5. The van der Waals surface area contributed by atoms with Gasteiger partial charge in [0.15, 0.2) is 0 Å². The van der Waals surface area contributed by atoms with E-state index in [4.69, 9.17) is 0 Å². The van der Waals surface area contributed by atoms with Crippen molar-refractivity contribution >= 4 is 52.1 Å². The number of alkyl halides is 3. The van der Waals surface area contributed by atoms with Crippen LogP contribution in [0.15, 0.2) is 15.9 Å². The molecule has 2 heterocycles. The van der Waals surface area contributed by atoms with Gasteiger partial charge in [-0.05, 0) is 33.8 Å². The molecule has 2 nitrogen and oxygen atoms in total. The summed E-state index contributed by atoms with van der Waals surface area (Å²) in [7, 11) is 0. The molecule has 1 fully saturated rings. The minimum Gasteiger partial charge on any atom is -0.314 e. The highest BCUT2D eigenvalue weighted by Gasteiger charge is 2.32. The van der Waals surface area contributed by atoms with Gasteiger partial charge < -0.3 is 5.32 Å². The molecule has 0 radical (unpaired) electrons. The monoisotopic (exact) mass is 428 g/mol. The predicted octanol–water partition coefficient (Wildman–Crippen LogP) is 4.64.